The van der Waals surface area contributed by atoms with Gasteiger partial charge in [0, 0.05) is 5.02 Å². The molecule has 0 aliphatic heterocycles. The zero-order valence-corrected chi connectivity index (χ0v) is 10.6. The van der Waals surface area contributed by atoms with E-state index in [1.165, 1.54) is 4.88 Å². The number of thiazole rings is 1. The van der Waals surface area contributed by atoms with Crippen molar-refractivity contribution < 1.29 is 0 Å². The minimum atomic E-state index is 0.756. The summed E-state index contributed by atoms with van der Waals surface area (Å²) in [5.74, 6) is 0. The molecule has 4 heteroatoms. The normalized spacial score (nSPS) is 10.5. The van der Waals surface area contributed by atoms with E-state index >= 15 is 0 Å². The monoisotopic (exact) mass is 287 g/mol. The average molecular weight is 289 g/mol. The van der Waals surface area contributed by atoms with Gasteiger partial charge < -0.3 is 0 Å². The summed E-state index contributed by atoms with van der Waals surface area (Å²) in [5.41, 5.74) is 2.15. The minimum Gasteiger partial charge on any atom is -0.234 e. The van der Waals surface area contributed by atoms with Crippen LogP contribution in [0.5, 0.6) is 0 Å². The first-order valence-corrected chi connectivity index (χ1v) is 6.04. The molecule has 14 heavy (non-hydrogen) atoms. The van der Waals surface area contributed by atoms with Crippen molar-refractivity contribution >= 4 is 38.9 Å². The molecule has 0 N–H and O–H groups in total. The molecule has 0 bridgehead atoms. The summed E-state index contributed by atoms with van der Waals surface area (Å²) < 4.78 is 0.907. The van der Waals surface area contributed by atoms with E-state index in [1.54, 1.807) is 11.3 Å². The Morgan fingerprint density at radius 3 is 2.79 bits per heavy atom. The van der Waals surface area contributed by atoms with Crippen molar-refractivity contribution in [1.29, 1.82) is 0 Å². The van der Waals surface area contributed by atoms with Crippen molar-refractivity contribution in [3.63, 3.8) is 0 Å². The molecule has 2 rings (SSSR count). The Labute approximate surface area is 99.9 Å². The van der Waals surface area contributed by atoms with Crippen molar-refractivity contribution in [3.8, 4) is 10.4 Å². The van der Waals surface area contributed by atoms with Gasteiger partial charge in [0.15, 0.2) is 3.92 Å². The molecular weight excluding hydrogens is 282 g/mol. The van der Waals surface area contributed by atoms with Gasteiger partial charge in [-0.3, -0.25) is 0 Å². The van der Waals surface area contributed by atoms with Crippen LogP contribution in [0, 0.1) is 6.92 Å². The smallest absolute Gasteiger partial charge is 0.159 e. The number of hydrogen-bond donors (Lipinski definition) is 0. The summed E-state index contributed by atoms with van der Waals surface area (Å²) in [4.78, 5) is 5.48. The molecule has 1 aromatic heterocycles. The lowest BCUT2D eigenvalue weighted by Crippen LogP contribution is -1.77. The van der Waals surface area contributed by atoms with Crippen LogP contribution in [0.15, 0.2) is 28.2 Å². The molecule has 72 valence electrons. The first-order valence-electron chi connectivity index (χ1n) is 4.05. The highest BCUT2D eigenvalue weighted by molar-refractivity contribution is 9.11. The molecule has 0 aliphatic rings. The van der Waals surface area contributed by atoms with E-state index in [9.17, 15) is 0 Å². The fraction of sp³-hybridized carbons (Fsp3) is 0.100. The Morgan fingerprint density at radius 1 is 1.43 bits per heavy atom. The number of halogens is 2. The van der Waals surface area contributed by atoms with Gasteiger partial charge in [0.1, 0.15) is 0 Å². The lowest BCUT2D eigenvalue weighted by molar-refractivity contribution is 1.24. The molecule has 0 amide bonds. The van der Waals surface area contributed by atoms with Crippen molar-refractivity contribution in [3.05, 3.63) is 38.9 Å². The number of nitrogens with zero attached hydrogens (tertiary/aromatic N) is 1. The van der Waals surface area contributed by atoms with Crippen molar-refractivity contribution in [1.82, 2.24) is 4.98 Å². The summed E-state index contributed by atoms with van der Waals surface area (Å²) in [6.45, 7) is 2.00. The predicted octanol–water partition coefficient (Wildman–Crippen LogP) is 4.53. The molecular formula is C10H7BrClNS. The van der Waals surface area contributed by atoms with Gasteiger partial charge in [-0.05, 0) is 40.5 Å². The second-order valence-electron chi connectivity index (χ2n) is 2.89. The third-order valence-electron chi connectivity index (χ3n) is 1.86. The second kappa shape index (κ2) is 4.01. The zero-order chi connectivity index (χ0) is 10.1. The molecule has 1 heterocycles. The first kappa shape index (κ1) is 10.1. The van der Waals surface area contributed by atoms with Crippen LogP contribution in [-0.2, 0) is 0 Å². The Balaban J connectivity index is 2.54. The van der Waals surface area contributed by atoms with E-state index in [-0.39, 0.29) is 0 Å². The first-order chi connectivity index (χ1) is 6.66. The van der Waals surface area contributed by atoms with Crippen LogP contribution in [0.25, 0.3) is 10.4 Å². The van der Waals surface area contributed by atoms with Gasteiger partial charge in [-0.15, -0.1) is 11.3 Å². The van der Waals surface area contributed by atoms with Gasteiger partial charge in [-0.25, -0.2) is 4.98 Å². The third kappa shape index (κ3) is 2.00. The zero-order valence-electron chi connectivity index (χ0n) is 7.42. The quantitative estimate of drug-likeness (QED) is 0.751. The number of aryl methyl sites for hydroxylation is 1. The molecule has 1 nitrogen and oxygen atoms in total. The molecule has 0 unspecified atom stereocenters. The van der Waals surface area contributed by atoms with Crippen molar-refractivity contribution in [2.24, 2.45) is 0 Å². The van der Waals surface area contributed by atoms with Crippen LogP contribution in [0.4, 0.5) is 0 Å². The molecule has 0 saturated heterocycles. The highest BCUT2D eigenvalue weighted by Crippen LogP contribution is 2.33. The molecule has 0 atom stereocenters. The number of hydrogen-bond acceptors (Lipinski definition) is 2. The lowest BCUT2D eigenvalue weighted by atomic mass is 10.2. The molecule has 0 spiro atoms. The van der Waals surface area contributed by atoms with E-state index in [1.807, 2.05) is 31.2 Å². The van der Waals surface area contributed by atoms with Gasteiger partial charge in [0.05, 0.1) is 10.6 Å². The van der Waals surface area contributed by atoms with Crippen LogP contribution < -0.4 is 0 Å². The number of rotatable bonds is 1. The minimum absolute atomic E-state index is 0.756. The summed E-state index contributed by atoms with van der Waals surface area (Å²) in [6.07, 6.45) is 0. The van der Waals surface area contributed by atoms with Crippen LogP contribution in [0.3, 0.4) is 0 Å². The van der Waals surface area contributed by atoms with E-state index in [0.29, 0.717) is 0 Å². The fourth-order valence-electron chi connectivity index (χ4n) is 1.26. The standard InChI is InChI=1S/C10H7BrClNS/c1-6-9(14-10(11)13-6)7-3-2-4-8(12)5-7/h2-5H,1H3. The average Bonchev–Trinajstić information content (AvgIpc) is 2.45. The highest BCUT2D eigenvalue weighted by atomic mass is 79.9. The van der Waals surface area contributed by atoms with Gasteiger partial charge in [0.25, 0.3) is 0 Å². The third-order valence-corrected chi connectivity index (χ3v) is 3.75. The summed E-state index contributed by atoms with van der Waals surface area (Å²) in [7, 11) is 0. The fourth-order valence-corrected chi connectivity index (χ4v) is 2.99. The Morgan fingerprint density at radius 2 is 2.21 bits per heavy atom. The topological polar surface area (TPSA) is 12.9 Å². The van der Waals surface area contributed by atoms with Crippen LogP contribution in [0.2, 0.25) is 5.02 Å². The molecule has 0 fully saturated rings. The van der Waals surface area contributed by atoms with E-state index in [2.05, 4.69) is 20.9 Å². The molecule has 0 saturated carbocycles. The Kier molecular flexibility index (Phi) is 2.91. The van der Waals surface area contributed by atoms with Gasteiger partial charge in [-0.1, -0.05) is 23.7 Å². The molecule has 2 aromatic rings. The number of aromatic nitrogens is 1. The maximum atomic E-state index is 5.93. The van der Waals surface area contributed by atoms with Gasteiger partial charge in [0.2, 0.25) is 0 Å². The van der Waals surface area contributed by atoms with E-state index in [4.69, 9.17) is 11.6 Å². The Bertz CT molecular complexity index is 467. The number of benzene rings is 1. The summed E-state index contributed by atoms with van der Waals surface area (Å²) in [5, 5.41) is 0.756. The van der Waals surface area contributed by atoms with E-state index in [0.717, 1.165) is 20.2 Å². The van der Waals surface area contributed by atoms with Gasteiger partial charge >= 0.3 is 0 Å². The Hall–Kier alpha value is -0.380. The summed E-state index contributed by atoms with van der Waals surface area (Å²) >= 11 is 10.9. The summed E-state index contributed by atoms with van der Waals surface area (Å²) in [6, 6.07) is 7.81. The van der Waals surface area contributed by atoms with Crippen LogP contribution >= 0.6 is 38.9 Å². The van der Waals surface area contributed by atoms with Gasteiger partial charge in [-0.2, -0.15) is 0 Å². The maximum Gasteiger partial charge on any atom is 0.159 e. The van der Waals surface area contributed by atoms with Crippen molar-refractivity contribution in [2.45, 2.75) is 6.92 Å². The molecule has 0 aliphatic carbocycles. The maximum absolute atomic E-state index is 5.93. The highest BCUT2D eigenvalue weighted by Gasteiger charge is 2.07. The second-order valence-corrected chi connectivity index (χ2v) is 5.60. The lowest BCUT2D eigenvalue weighted by Gasteiger charge is -1.98. The predicted molar refractivity (Wildman–Crippen MR) is 65.0 cm³/mol. The van der Waals surface area contributed by atoms with Crippen LogP contribution in [-0.4, -0.2) is 4.98 Å². The van der Waals surface area contributed by atoms with Crippen LogP contribution in [0.1, 0.15) is 5.69 Å². The molecule has 1 aromatic carbocycles. The molecule has 0 radical (unpaired) electrons. The largest absolute Gasteiger partial charge is 0.234 e. The SMILES string of the molecule is Cc1nc(Br)sc1-c1cccc(Cl)c1. The van der Waals surface area contributed by atoms with Crippen molar-refractivity contribution in [2.75, 3.05) is 0 Å². The van der Waals surface area contributed by atoms with E-state index < -0.39 is 0 Å².